The second-order valence-electron chi connectivity index (χ2n) is 6.73. The maximum atomic E-state index is 13.5. The summed E-state index contributed by atoms with van der Waals surface area (Å²) in [4.78, 5) is 26.3. The molecular weight excluding hydrogens is 393 g/mol. The van der Waals surface area contributed by atoms with E-state index in [2.05, 4.69) is 0 Å². The SMILES string of the molecule is COc1ccc(OC)c([C@@H]2CCCN2C(=O)COC(=O)COc2ccccc2F)c1. The predicted octanol–water partition coefficient (Wildman–Crippen LogP) is 3.13. The Morgan fingerprint density at radius 1 is 1.07 bits per heavy atom. The van der Waals surface area contributed by atoms with Gasteiger partial charge in [-0.25, -0.2) is 9.18 Å². The minimum atomic E-state index is -0.749. The number of esters is 1. The zero-order valence-electron chi connectivity index (χ0n) is 16.9. The molecule has 1 saturated heterocycles. The number of hydrogen-bond acceptors (Lipinski definition) is 6. The lowest BCUT2D eigenvalue weighted by atomic mass is 10.0. The first-order valence-corrected chi connectivity index (χ1v) is 9.58. The van der Waals surface area contributed by atoms with Crippen LogP contribution in [0.3, 0.4) is 0 Å². The number of amides is 1. The molecule has 7 nitrogen and oxygen atoms in total. The Bertz CT molecular complexity index is 903. The summed E-state index contributed by atoms with van der Waals surface area (Å²) in [6, 6.07) is 11.0. The normalized spacial score (nSPS) is 15.6. The molecule has 1 amide bonds. The summed E-state index contributed by atoms with van der Waals surface area (Å²) in [5, 5.41) is 0. The molecule has 0 radical (unpaired) electrons. The summed E-state index contributed by atoms with van der Waals surface area (Å²) in [6.45, 7) is -0.350. The molecule has 0 aliphatic carbocycles. The van der Waals surface area contributed by atoms with Gasteiger partial charge >= 0.3 is 5.97 Å². The van der Waals surface area contributed by atoms with E-state index in [1.165, 1.54) is 18.2 Å². The fourth-order valence-corrected chi connectivity index (χ4v) is 3.45. The number of carbonyl (C=O) groups is 2. The molecule has 0 N–H and O–H groups in total. The molecule has 30 heavy (non-hydrogen) atoms. The number of halogens is 1. The van der Waals surface area contributed by atoms with Crippen LogP contribution < -0.4 is 14.2 Å². The van der Waals surface area contributed by atoms with Gasteiger partial charge in [-0.3, -0.25) is 4.79 Å². The number of methoxy groups -OCH3 is 2. The van der Waals surface area contributed by atoms with Crippen LogP contribution in [0.15, 0.2) is 42.5 Å². The quantitative estimate of drug-likeness (QED) is 0.615. The zero-order chi connectivity index (χ0) is 21.5. The van der Waals surface area contributed by atoms with Crippen LogP contribution in [-0.2, 0) is 14.3 Å². The highest BCUT2D eigenvalue weighted by atomic mass is 19.1. The fourth-order valence-electron chi connectivity index (χ4n) is 3.45. The third kappa shape index (κ3) is 5.00. The van der Waals surface area contributed by atoms with Crippen LogP contribution in [0.1, 0.15) is 24.4 Å². The van der Waals surface area contributed by atoms with Gasteiger partial charge in [0.2, 0.25) is 0 Å². The maximum Gasteiger partial charge on any atom is 0.344 e. The highest BCUT2D eigenvalue weighted by Crippen LogP contribution is 2.38. The Labute approximate surface area is 174 Å². The number of likely N-dealkylation sites (tertiary alicyclic amines) is 1. The van der Waals surface area contributed by atoms with Gasteiger partial charge in [0.05, 0.1) is 20.3 Å². The number of carbonyl (C=O) groups excluding carboxylic acids is 2. The lowest BCUT2D eigenvalue weighted by Crippen LogP contribution is -2.35. The smallest absolute Gasteiger partial charge is 0.344 e. The molecule has 1 aliphatic rings. The lowest BCUT2D eigenvalue weighted by molar-refractivity contribution is -0.154. The Kier molecular flexibility index (Phi) is 7.11. The molecule has 0 bridgehead atoms. The van der Waals surface area contributed by atoms with Crippen molar-refractivity contribution >= 4 is 11.9 Å². The van der Waals surface area contributed by atoms with E-state index in [-0.39, 0.29) is 17.7 Å². The second kappa shape index (κ2) is 9.96. The molecule has 0 spiro atoms. The minimum absolute atomic E-state index is 0.0505. The zero-order valence-corrected chi connectivity index (χ0v) is 16.9. The van der Waals surface area contributed by atoms with E-state index >= 15 is 0 Å². The van der Waals surface area contributed by atoms with Crippen LogP contribution in [0.4, 0.5) is 4.39 Å². The molecule has 0 unspecified atom stereocenters. The first-order valence-electron chi connectivity index (χ1n) is 9.58. The first-order chi connectivity index (χ1) is 14.5. The Balaban J connectivity index is 1.58. The van der Waals surface area contributed by atoms with Crippen LogP contribution in [0.2, 0.25) is 0 Å². The largest absolute Gasteiger partial charge is 0.497 e. The van der Waals surface area contributed by atoms with E-state index in [0.717, 1.165) is 18.4 Å². The van der Waals surface area contributed by atoms with Crippen molar-refractivity contribution in [2.24, 2.45) is 0 Å². The summed E-state index contributed by atoms with van der Waals surface area (Å²) in [5.41, 5.74) is 0.844. The van der Waals surface area contributed by atoms with E-state index in [9.17, 15) is 14.0 Å². The van der Waals surface area contributed by atoms with E-state index in [0.29, 0.717) is 18.0 Å². The highest BCUT2D eigenvalue weighted by molar-refractivity contribution is 5.81. The molecule has 8 heteroatoms. The Morgan fingerprint density at radius 3 is 2.60 bits per heavy atom. The molecule has 3 rings (SSSR count). The monoisotopic (exact) mass is 417 g/mol. The van der Waals surface area contributed by atoms with Gasteiger partial charge in [0.25, 0.3) is 5.91 Å². The Morgan fingerprint density at radius 2 is 1.87 bits per heavy atom. The third-order valence-electron chi connectivity index (χ3n) is 4.91. The topological polar surface area (TPSA) is 74.3 Å². The van der Waals surface area contributed by atoms with Crippen molar-refractivity contribution in [2.75, 3.05) is 34.0 Å². The third-order valence-corrected chi connectivity index (χ3v) is 4.91. The molecule has 2 aromatic rings. The van der Waals surface area contributed by atoms with Gasteiger partial charge in [-0.2, -0.15) is 0 Å². The average molecular weight is 417 g/mol. The number of rotatable bonds is 8. The molecule has 160 valence electrons. The van der Waals surface area contributed by atoms with Crippen molar-refractivity contribution in [3.8, 4) is 17.2 Å². The predicted molar refractivity (Wildman–Crippen MR) is 106 cm³/mol. The van der Waals surface area contributed by atoms with E-state index in [1.807, 2.05) is 6.07 Å². The van der Waals surface area contributed by atoms with Crippen LogP contribution >= 0.6 is 0 Å². The summed E-state index contributed by atoms with van der Waals surface area (Å²) in [5.74, 6) is -0.362. The number of hydrogen-bond donors (Lipinski definition) is 0. The van der Waals surface area contributed by atoms with Crippen LogP contribution in [-0.4, -0.2) is 50.8 Å². The number of ether oxygens (including phenoxy) is 4. The molecule has 0 saturated carbocycles. The van der Waals surface area contributed by atoms with Gasteiger partial charge < -0.3 is 23.8 Å². The first kappa shape index (κ1) is 21.4. The van der Waals surface area contributed by atoms with Gasteiger partial charge in [-0.15, -0.1) is 0 Å². The fraction of sp³-hybridized carbons (Fsp3) is 0.364. The Hall–Kier alpha value is -3.29. The van der Waals surface area contributed by atoms with Gasteiger partial charge in [-0.05, 0) is 43.2 Å². The number of nitrogens with zero attached hydrogens (tertiary/aromatic N) is 1. The lowest BCUT2D eigenvalue weighted by Gasteiger charge is -2.26. The van der Waals surface area contributed by atoms with Crippen molar-refractivity contribution in [2.45, 2.75) is 18.9 Å². The van der Waals surface area contributed by atoms with Gasteiger partial charge in [0.15, 0.2) is 24.8 Å². The molecular formula is C22H24FNO6. The van der Waals surface area contributed by atoms with Gasteiger partial charge in [0, 0.05) is 12.1 Å². The van der Waals surface area contributed by atoms with Crippen molar-refractivity contribution in [3.05, 3.63) is 53.8 Å². The van der Waals surface area contributed by atoms with Gasteiger partial charge in [-0.1, -0.05) is 12.1 Å². The summed E-state index contributed by atoms with van der Waals surface area (Å²) in [6.07, 6.45) is 1.58. The number of para-hydroxylation sites is 1. The molecule has 1 aliphatic heterocycles. The minimum Gasteiger partial charge on any atom is -0.497 e. The molecule has 1 atom stereocenters. The second-order valence-corrected chi connectivity index (χ2v) is 6.73. The standard InChI is InChI=1S/C22H24FNO6/c1-27-15-9-10-19(28-2)16(12-15)18-7-5-11-24(18)21(25)13-30-22(26)14-29-20-8-4-3-6-17(20)23/h3-4,6,8-10,12,18H,5,7,11,13-14H2,1-2H3/t18-/m0/s1. The molecule has 1 fully saturated rings. The van der Waals surface area contributed by atoms with E-state index < -0.39 is 25.0 Å². The summed E-state index contributed by atoms with van der Waals surface area (Å²) < 4.78 is 34.4. The summed E-state index contributed by atoms with van der Waals surface area (Å²) >= 11 is 0. The summed E-state index contributed by atoms with van der Waals surface area (Å²) in [7, 11) is 3.15. The van der Waals surface area contributed by atoms with Crippen molar-refractivity contribution < 1.29 is 32.9 Å². The number of benzene rings is 2. The molecule has 0 aromatic heterocycles. The van der Waals surface area contributed by atoms with Crippen molar-refractivity contribution in [3.63, 3.8) is 0 Å². The molecule has 2 aromatic carbocycles. The van der Waals surface area contributed by atoms with Gasteiger partial charge in [0.1, 0.15) is 11.5 Å². The van der Waals surface area contributed by atoms with Crippen LogP contribution in [0.25, 0.3) is 0 Å². The average Bonchev–Trinajstić information content (AvgIpc) is 3.26. The van der Waals surface area contributed by atoms with E-state index in [4.69, 9.17) is 18.9 Å². The van der Waals surface area contributed by atoms with Crippen LogP contribution in [0.5, 0.6) is 17.2 Å². The molecule has 1 heterocycles. The highest BCUT2D eigenvalue weighted by Gasteiger charge is 2.32. The van der Waals surface area contributed by atoms with Crippen LogP contribution in [0, 0.1) is 5.82 Å². The van der Waals surface area contributed by atoms with E-state index in [1.54, 1.807) is 37.3 Å². The van der Waals surface area contributed by atoms with Crippen molar-refractivity contribution in [1.82, 2.24) is 4.90 Å². The van der Waals surface area contributed by atoms with Crippen molar-refractivity contribution in [1.29, 1.82) is 0 Å². The maximum absolute atomic E-state index is 13.5.